The summed E-state index contributed by atoms with van der Waals surface area (Å²) in [5.41, 5.74) is 1.39. The van der Waals surface area contributed by atoms with Gasteiger partial charge in [0.05, 0.1) is 5.69 Å². The number of rotatable bonds is 5. The van der Waals surface area contributed by atoms with Crippen LogP contribution >= 0.6 is 0 Å². The van der Waals surface area contributed by atoms with Gasteiger partial charge in [-0.05, 0) is 37.6 Å². The third-order valence-corrected chi connectivity index (χ3v) is 3.49. The number of ketones is 2. The van der Waals surface area contributed by atoms with Gasteiger partial charge in [0.2, 0.25) is 0 Å². The fourth-order valence-electron chi connectivity index (χ4n) is 2.42. The van der Waals surface area contributed by atoms with Gasteiger partial charge in [0.25, 0.3) is 5.91 Å². The lowest BCUT2D eigenvalue weighted by Gasteiger charge is -2.06. The monoisotopic (exact) mass is 316 g/mol. The molecule has 1 amide bonds. The number of nitrogens with zero attached hydrogens (tertiary/aromatic N) is 1. The van der Waals surface area contributed by atoms with E-state index in [0.717, 1.165) is 0 Å². The molecule has 0 spiro atoms. The molecule has 7 nitrogen and oxygen atoms in total. The number of amides is 1. The first-order valence-electron chi connectivity index (χ1n) is 7.09. The molecule has 0 bridgehead atoms. The minimum atomic E-state index is -1.12. The highest BCUT2D eigenvalue weighted by molar-refractivity contribution is 6.24. The van der Waals surface area contributed by atoms with Crippen molar-refractivity contribution in [1.29, 1.82) is 0 Å². The number of carboxylic acid groups (broad SMARTS) is 1. The molecule has 1 atom stereocenters. The molecule has 0 aromatic heterocycles. The summed E-state index contributed by atoms with van der Waals surface area (Å²) in [6.07, 6.45) is 0.780. The number of benzene rings is 1. The molecule has 7 heteroatoms. The number of carbonyl (C=O) groups excluding carboxylic acids is 3. The van der Waals surface area contributed by atoms with Gasteiger partial charge in [-0.2, -0.15) is 0 Å². The van der Waals surface area contributed by atoms with E-state index in [4.69, 9.17) is 5.11 Å². The van der Waals surface area contributed by atoms with Gasteiger partial charge < -0.3 is 10.4 Å². The Kier molecular flexibility index (Phi) is 5.00. The zero-order valence-corrected chi connectivity index (χ0v) is 12.5. The van der Waals surface area contributed by atoms with Crippen molar-refractivity contribution in [3.8, 4) is 0 Å². The maximum absolute atomic E-state index is 11.7. The van der Waals surface area contributed by atoms with Gasteiger partial charge in [0.15, 0.2) is 0 Å². The normalized spacial score (nSPS) is 18.9. The second kappa shape index (κ2) is 6.95. The summed E-state index contributed by atoms with van der Waals surface area (Å²) in [6, 6.07) is 6.19. The van der Waals surface area contributed by atoms with E-state index in [2.05, 4.69) is 10.3 Å². The Balaban J connectivity index is 2.12. The quantitative estimate of drug-likeness (QED) is 0.791. The molecule has 1 unspecified atom stereocenters. The first-order chi connectivity index (χ1) is 10.9. The van der Waals surface area contributed by atoms with E-state index in [9.17, 15) is 19.2 Å². The number of hydrogen-bond donors (Lipinski definition) is 2. The molecule has 120 valence electrons. The summed E-state index contributed by atoms with van der Waals surface area (Å²) in [5, 5.41) is 10.8. The van der Waals surface area contributed by atoms with Gasteiger partial charge in [-0.3, -0.25) is 24.2 Å². The van der Waals surface area contributed by atoms with Crippen LogP contribution in [0.3, 0.4) is 0 Å². The second-order valence-electron chi connectivity index (χ2n) is 5.24. The van der Waals surface area contributed by atoms with Crippen LogP contribution in [0.2, 0.25) is 0 Å². The number of carboxylic acids is 1. The minimum absolute atomic E-state index is 0.110. The molecule has 1 aromatic carbocycles. The van der Waals surface area contributed by atoms with Crippen LogP contribution in [0.4, 0.5) is 5.69 Å². The largest absolute Gasteiger partial charge is 0.480 e. The van der Waals surface area contributed by atoms with Crippen LogP contribution in [0, 0.1) is 5.92 Å². The van der Waals surface area contributed by atoms with Gasteiger partial charge in [-0.25, -0.2) is 0 Å². The number of Topliss-reactive ketones (excluding diaryl/α,β-unsaturated/α-hetero) is 2. The van der Waals surface area contributed by atoms with Crippen LogP contribution in [0.25, 0.3) is 0 Å². The van der Waals surface area contributed by atoms with Crippen molar-refractivity contribution >= 4 is 34.8 Å². The lowest BCUT2D eigenvalue weighted by atomic mass is 10.0. The van der Waals surface area contributed by atoms with E-state index in [0.29, 0.717) is 29.8 Å². The van der Waals surface area contributed by atoms with Crippen molar-refractivity contribution in [3.05, 3.63) is 29.8 Å². The maximum atomic E-state index is 11.7. The Morgan fingerprint density at radius 1 is 1.22 bits per heavy atom. The molecule has 0 radical (unpaired) electrons. The van der Waals surface area contributed by atoms with Crippen LogP contribution in [0.1, 0.15) is 30.1 Å². The van der Waals surface area contributed by atoms with Crippen LogP contribution in [-0.2, 0) is 14.4 Å². The van der Waals surface area contributed by atoms with Crippen molar-refractivity contribution in [1.82, 2.24) is 5.32 Å². The zero-order valence-electron chi connectivity index (χ0n) is 12.5. The summed E-state index contributed by atoms with van der Waals surface area (Å²) in [5.74, 6) is -2.70. The molecule has 2 N–H and O–H groups in total. The molecule has 1 aromatic rings. The minimum Gasteiger partial charge on any atom is -0.480 e. The Morgan fingerprint density at radius 3 is 2.43 bits per heavy atom. The van der Waals surface area contributed by atoms with Crippen LogP contribution < -0.4 is 5.32 Å². The van der Waals surface area contributed by atoms with E-state index in [1.165, 1.54) is 19.1 Å². The summed E-state index contributed by atoms with van der Waals surface area (Å²) >= 11 is 0. The Bertz CT molecular complexity index is 691. The third-order valence-electron chi connectivity index (χ3n) is 3.49. The topological polar surface area (TPSA) is 113 Å². The molecule has 1 fully saturated rings. The highest BCUT2D eigenvalue weighted by atomic mass is 16.4. The lowest BCUT2D eigenvalue weighted by Crippen LogP contribution is -2.29. The maximum Gasteiger partial charge on any atom is 0.322 e. The standard InChI is InChI=1S/C16H16N2O5/c1-9(19)15-12(6-7-13(15)20)18-11-4-2-10(3-5-11)16(23)17-8-14(21)22/h2-5,15H,6-8H2,1H3,(H,17,23)(H,21,22). The zero-order chi connectivity index (χ0) is 17.0. The third kappa shape index (κ3) is 4.09. The molecule has 0 aliphatic heterocycles. The lowest BCUT2D eigenvalue weighted by molar-refractivity contribution is -0.136. The molecular weight excluding hydrogens is 300 g/mol. The molecule has 1 aliphatic carbocycles. The van der Waals surface area contributed by atoms with Gasteiger partial charge in [-0.1, -0.05) is 0 Å². The molecule has 1 aliphatic rings. The van der Waals surface area contributed by atoms with Crippen molar-refractivity contribution in [2.75, 3.05) is 6.54 Å². The van der Waals surface area contributed by atoms with E-state index < -0.39 is 24.3 Å². The first-order valence-corrected chi connectivity index (χ1v) is 7.09. The number of nitrogens with one attached hydrogen (secondary N) is 1. The number of hydrogen-bond acceptors (Lipinski definition) is 5. The number of aliphatic imine (C=N–C) groups is 1. The van der Waals surface area contributed by atoms with E-state index in [1.54, 1.807) is 12.1 Å². The van der Waals surface area contributed by atoms with Crippen molar-refractivity contribution in [3.63, 3.8) is 0 Å². The van der Waals surface area contributed by atoms with Crippen molar-refractivity contribution in [2.24, 2.45) is 10.9 Å². The highest BCUT2D eigenvalue weighted by Gasteiger charge is 2.34. The van der Waals surface area contributed by atoms with Gasteiger partial charge in [0.1, 0.15) is 24.0 Å². The summed E-state index contributed by atoms with van der Waals surface area (Å²) < 4.78 is 0. The van der Waals surface area contributed by atoms with E-state index in [1.807, 2.05) is 0 Å². The smallest absolute Gasteiger partial charge is 0.322 e. The number of aliphatic carboxylic acids is 1. The number of carbonyl (C=O) groups is 4. The van der Waals surface area contributed by atoms with Gasteiger partial charge >= 0.3 is 5.97 Å². The fraction of sp³-hybridized carbons (Fsp3) is 0.312. The fourth-order valence-corrected chi connectivity index (χ4v) is 2.42. The van der Waals surface area contributed by atoms with E-state index in [-0.39, 0.29) is 11.6 Å². The Morgan fingerprint density at radius 2 is 1.87 bits per heavy atom. The Labute approximate surface area is 132 Å². The second-order valence-corrected chi connectivity index (χ2v) is 5.24. The summed E-state index contributed by atoms with van der Waals surface area (Å²) in [6.45, 7) is 0.921. The Hall–Kier alpha value is -2.83. The van der Waals surface area contributed by atoms with Crippen molar-refractivity contribution < 1.29 is 24.3 Å². The summed E-state index contributed by atoms with van der Waals surface area (Å²) in [4.78, 5) is 49.6. The molecule has 23 heavy (non-hydrogen) atoms. The van der Waals surface area contributed by atoms with E-state index >= 15 is 0 Å². The van der Waals surface area contributed by atoms with Crippen LogP contribution in [0.5, 0.6) is 0 Å². The van der Waals surface area contributed by atoms with Gasteiger partial charge in [0, 0.05) is 17.7 Å². The molecule has 2 rings (SSSR count). The average Bonchev–Trinajstić information content (AvgIpc) is 2.86. The predicted octanol–water partition coefficient (Wildman–Crippen LogP) is 1.14. The average molecular weight is 316 g/mol. The molecule has 0 saturated heterocycles. The first kappa shape index (κ1) is 16.5. The van der Waals surface area contributed by atoms with Gasteiger partial charge in [-0.15, -0.1) is 0 Å². The van der Waals surface area contributed by atoms with Crippen LogP contribution in [-0.4, -0.2) is 40.8 Å². The highest BCUT2D eigenvalue weighted by Crippen LogP contribution is 2.24. The van der Waals surface area contributed by atoms with Crippen molar-refractivity contribution in [2.45, 2.75) is 19.8 Å². The molecular formula is C16H16N2O5. The summed E-state index contributed by atoms with van der Waals surface area (Å²) in [7, 11) is 0. The van der Waals surface area contributed by atoms with Crippen LogP contribution in [0.15, 0.2) is 29.3 Å². The molecule has 0 heterocycles. The molecule has 1 saturated carbocycles. The predicted molar refractivity (Wildman–Crippen MR) is 81.9 cm³/mol. The SMILES string of the molecule is CC(=O)C1C(=O)CCC1=Nc1ccc(C(=O)NCC(=O)O)cc1.